The van der Waals surface area contributed by atoms with E-state index in [0.717, 1.165) is 6.26 Å². The Morgan fingerprint density at radius 1 is 1.09 bits per heavy atom. The molecule has 0 saturated heterocycles. The van der Waals surface area contributed by atoms with Crippen molar-refractivity contribution in [3.63, 3.8) is 0 Å². The van der Waals surface area contributed by atoms with Gasteiger partial charge in [0, 0.05) is 42.2 Å². The second-order valence-electron chi connectivity index (χ2n) is 7.65. The highest BCUT2D eigenvalue weighted by Gasteiger charge is 2.27. The number of halogens is 2. The number of likely N-dealkylation sites (N-methyl/N-ethyl adjacent to an activating group) is 1. The highest BCUT2D eigenvalue weighted by atomic mass is 35.5. The predicted octanol–water partition coefficient (Wildman–Crippen LogP) is 3.71. The quantitative estimate of drug-likeness (QED) is 0.478. The molecule has 1 atom stereocenters. The van der Waals surface area contributed by atoms with E-state index < -0.39 is 16.1 Å². The Labute approximate surface area is 210 Å². The number of nitrogens with one attached hydrogen (secondary N) is 1. The second-order valence-corrected chi connectivity index (χ2v) is 10.4. The molecule has 2 amide bonds. The molecule has 0 aliphatic rings. The van der Waals surface area contributed by atoms with E-state index in [0.29, 0.717) is 27.0 Å². The fraction of sp³-hybridized carbons (Fsp3) is 0.391. The van der Waals surface area contributed by atoms with Crippen LogP contribution in [0.2, 0.25) is 10.0 Å². The fourth-order valence-corrected chi connectivity index (χ4v) is 4.88. The van der Waals surface area contributed by atoms with Crippen LogP contribution in [0.4, 0.5) is 5.69 Å². The van der Waals surface area contributed by atoms with Crippen LogP contribution in [0.25, 0.3) is 0 Å². The maximum absolute atomic E-state index is 13.2. The van der Waals surface area contributed by atoms with Crippen LogP contribution >= 0.6 is 23.2 Å². The van der Waals surface area contributed by atoms with Gasteiger partial charge in [-0.1, -0.05) is 29.3 Å². The third-order valence-electron chi connectivity index (χ3n) is 5.32. The van der Waals surface area contributed by atoms with Gasteiger partial charge in [0.15, 0.2) is 0 Å². The molecule has 34 heavy (non-hydrogen) atoms. The lowest BCUT2D eigenvalue weighted by Gasteiger charge is -2.29. The molecule has 186 valence electrons. The summed E-state index contributed by atoms with van der Waals surface area (Å²) in [6, 6.07) is 10.8. The van der Waals surface area contributed by atoms with E-state index in [-0.39, 0.29) is 37.7 Å². The summed E-state index contributed by atoms with van der Waals surface area (Å²) in [6.45, 7) is 1.74. The van der Waals surface area contributed by atoms with Gasteiger partial charge in [-0.25, -0.2) is 8.42 Å². The zero-order valence-corrected chi connectivity index (χ0v) is 21.9. The van der Waals surface area contributed by atoms with E-state index in [1.165, 1.54) is 23.4 Å². The van der Waals surface area contributed by atoms with E-state index in [1.54, 1.807) is 49.4 Å². The number of amides is 2. The number of ether oxygens (including phenoxy) is 1. The zero-order chi connectivity index (χ0) is 25.5. The van der Waals surface area contributed by atoms with Gasteiger partial charge in [-0.3, -0.25) is 13.9 Å². The third-order valence-corrected chi connectivity index (χ3v) is 7.22. The van der Waals surface area contributed by atoms with Crippen LogP contribution in [-0.4, -0.2) is 58.1 Å². The number of carbonyl (C=O) groups excluding carboxylic acids is 2. The number of anilines is 1. The van der Waals surface area contributed by atoms with Crippen LogP contribution in [0.3, 0.4) is 0 Å². The lowest BCUT2D eigenvalue weighted by atomic mass is 10.1. The minimum absolute atomic E-state index is 0.0194. The molecule has 0 saturated carbocycles. The molecular weight excluding hydrogens is 501 g/mol. The number of hydrogen-bond acceptors (Lipinski definition) is 5. The molecule has 0 aliphatic carbocycles. The maximum atomic E-state index is 13.2. The Morgan fingerprint density at radius 2 is 1.68 bits per heavy atom. The normalized spacial score (nSPS) is 12.1. The van der Waals surface area contributed by atoms with Crippen molar-refractivity contribution in [2.75, 3.05) is 31.3 Å². The molecule has 2 rings (SSSR count). The van der Waals surface area contributed by atoms with Gasteiger partial charge in [0.2, 0.25) is 21.8 Å². The van der Waals surface area contributed by atoms with E-state index >= 15 is 0 Å². The number of methoxy groups -OCH3 is 1. The van der Waals surface area contributed by atoms with Crippen molar-refractivity contribution in [2.45, 2.75) is 32.4 Å². The molecule has 0 aliphatic heterocycles. The topological polar surface area (TPSA) is 96.0 Å². The highest BCUT2D eigenvalue weighted by molar-refractivity contribution is 7.92. The predicted molar refractivity (Wildman–Crippen MR) is 135 cm³/mol. The smallest absolute Gasteiger partial charge is 0.242 e. The summed E-state index contributed by atoms with van der Waals surface area (Å²) < 4.78 is 31.1. The fourth-order valence-electron chi connectivity index (χ4n) is 3.40. The van der Waals surface area contributed by atoms with Crippen molar-refractivity contribution in [3.05, 3.63) is 58.1 Å². The molecule has 1 N–H and O–H groups in total. The van der Waals surface area contributed by atoms with E-state index in [9.17, 15) is 18.0 Å². The SMILES string of the molecule is CNC(=O)C(C)N(Cc1c(Cl)cccc1Cl)C(=O)CCCN(c1ccc(OC)cc1)S(C)(=O)=O. The summed E-state index contributed by atoms with van der Waals surface area (Å²) in [7, 11) is -0.568. The van der Waals surface area contributed by atoms with Crippen LogP contribution in [0, 0.1) is 0 Å². The lowest BCUT2D eigenvalue weighted by molar-refractivity contribution is -0.140. The molecule has 11 heteroatoms. The van der Waals surface area contributed by atoms with Crippen LogP contribution in [-0.2, 0) is 26.2 Å². The zero-order valence-electron chi connectivity index (χ0n) is 19.5. The first kappa shape index (κ1) is 27.8. The largest absolute Gasteiger partial charge is 0.497 e. The maximum Gasteiger partial charge on any atom is 0.242 e. The van der Waals surface area contributed by atoms with Gasteiger partial charge in [0.05, 0.1) is 19.1 Å². The molecular formula is C23H29Cl2N3O5S. The van der Waals surface area contributed by atoms with Crippen LogP contribution < -0.4 is 14.4 Å². The van der Waals surface area contributed by atoms with Gasteiger partial charge in [0.25, 0.3) is 0 Å². The average molecular weight is 530 g/mol. The summed E-state index contributed by atoms with van der Waals surface area (Å²) in [6.07, 6.45) is 1.37. The van der Waals surface area contributed by atoms with Gasteiger partial charge in [-0.2, -0.15) is 0 Å². The van der Waals surface area contributed by atoms with E-state index in [2.05, 4.69) is 5.32 Å². The summed E-state index contributed by atoms with van der Waals surface area (Å²) >= 11 is 12.6. The summed E-state index contributed by atoms with van der Waals surface area (Å²) in [4.78, 5) is 26.9. The minimum atomic E-state index is -3.58. The molecule has 0 spiro atoms. The molecule has 2 aromatic rings. The van der Waals surface area contributed by atoms with Gasteiger partial charge in [0.1, 0.15) is 11.8 Å². The first-order chi connectivity index (χ1) is 16.0. The molecule has 1 unspecified atom stereocenters. The third kappa shape index (κ3) is 7.25. The van der Waals surface area contributed by atoms with Crippen molar-refractivity contribution in [3.8, 4) is 5.75 Å². The Hall–Kier alpha value is -2.49. The second kappa shape index (κ2) is 12.3. The Bertz CT molecular complexity index is 1090. The minimum Gasteiger partial charge on any atom is -0.497 e. The molecule has 2 aromatic carbocycles. The standard InChI is InChI=1S/C23H29Cl2N3O5S/c1-16(23(30)26-2)27(15-19-20(24)7-5-8-21(19)25)22(29)9-6-14-28(34(4,31)32)17-10-12-18(33-3)13-11-17/h5,7-8,10-13,16H,6,9,14-15H2,1-4H3,(H,26,30). The summed E-state index contributed by atoms with van der Waals surface area (Å²) in [5.41, 5.74) is 1.00. The van der Waals surface area contributed by atoms with Gasteiger partial charge < -0.3 is 15.0 Å². The van der Waals surface area contributed by atoms with Crippen molar-refractivity contribution >= 4 is 50.7 Å². The molecule has 0 fully saturated rings. The molecule has 0 radical (unpaired) electrons. The Morgan fingerprint density at radius 3 is 2.18 bits per heavy atom. The number of benzene rings is 2. The monoisotopic (exact) mass is 529 g/mol. The van der Waals surface area contributed by atoms with Crippen molar-refractivity contribution < 1.29 is 22.7 Å². The summed E-state index contributed by atoms with van der Waals surface area (Å²) in [5, 5.41) is 3.32. The van der Waals surface area contributed by atoms with Gasteiger partial charge in [-0.05, 0) is 49.7 Å². The van der Waals surface area contributed by atoms with Crippen molar-refractivity contribution in [2.24, 2.45) is 0 Å². The van der Waals surface area contributed by atoms with E-state index in [1.807, 2.05) is 0 Å². The Kier molecular flexibility index (Phi) is 10.0. The van der Waals surface area contributed by atoms with E-state index in [4.69, 9.17) is 27.9 Å². The van der Waals surface area contributed by atoms with Crippen LogP contribution in [0.1, 0.15) is 25.3 Å². The molecule has 0 aromatic heterocycles. The van der Waals surface area contributed by atoms with Crippen LogP contribution in [0.5, 0.6) is 5.75 Å². The number of hydrogen-bond donors (Lipinski definition) is 1. The number of carbonyl (C=O) groups is 2. The Balaban J connectivity index is 2.19. The van der Waals surface area contributed by atoms with Crippen molar-refractivity contribution in [1.82, 2.24) is 10.2 Å². The van der Waals surface area contributed by atoms with Crippen molar-refractivity contribution in [1.29, 1.82) is 0 Å². The highest BCUT2D eigenvalue weighted by Crippen LogP contribution is 2.27. The molecule has 8 nitrogen and oxygen atoms in total. The first-order valence-corrected chi connectivity index (χ1v) is 13.2. The lowest BCUT2D eigenvalue weighted by Crippen LogP contribution is -2.47. The number of nitrogens with zero attached hydrogens (tertiary/aromatic N) is 2. The van der Waals surface area contributed by atoms with Gasteiger partial charge in [-0.15, -0.1) is 0 Å². The molecule has 0 heterocycles. The average Bonchev–Trinajstić information content (AvgIpc) is 2.80. The molecule has 0 bridgehead atoms. The first-order valence-electron chi connectivity index (χ1n) is 10.5. The number of sulfonamides is 1. The van der Waals surface area contributed by atoms with Gasteiger partial charge >= 0.3 is 0 Å². The number of rotatable bonds is 11. The summed E-state index contributed by atoms with van der Waals surface area (Å²) in [5.74, 6) is -0.0627. The van der Waals surface area contributed by atoms with Crippen LogP contribution in [0.15, 0.2) is 42.5 Å².